The highest BCUT2D eigenvalue weighted by Gasteiger charge is 2.26. The van der Waals surface area contributed by atoms with Crippen LogP contribution >= 0.6 is 0 Å². The van der Waals surface area contributed by atoms with Crippen LogP contribution in [-0.2, 0) is 4.74 Å². The number of hydrogen-bond donors (Lipinski definition) is 1. The third-order valence-electron chi connectivity index (χ3n) is 5.06. The summed E-state index contributed by atoms with van der Waals surface area (Å²) in [7, 11) is 0. The molecule has 172 valence electrons. The van der Waals surface area contributed by atoms with Crippen LogP contribution in [0.3, 0.4) is 0 Å². The van der Waals surface area contributed by atoms with Crippen molar-refractivity contribution in [3.05, 3.63) is 60.2 Å². The average molecular weight is 450 g/mol. The van der Waals surface area contributed by atoms with Crippen LogP contribution in [0.4, 0.5) is 16.4 Å². The molecule has 33 heavy (non-hydrogen) atoms. The fourth-order valence-electron chi connectivity index (χ4n) is 3.56. The summed E-state index contributed by atoms with van der Waals surface area (Å²) >= 11 is 0. The van der Waals surface area contributed by atoms with E-state index in [1.54, 1.807) is 54.6 Å². The van der Waals surface area contributed by atoms with Crippen LogP contribution in [0.2, 0.25) is 0 Å². The first-order valence-corrected chi connectivity index (χ1v) is 10.8. The number of carbonyl (C=O) groups is 2. The Balaban J connectivity index is 1.39. The zero-order valence-electron chi connectivity index (χ0n) is 18.9. The van der Waals surface area contributed by atoms with Crippen LogP contribution < -0.4 is 10.2 Å². The van der Waals surface area contributed by atoms with Crippen molar-refractivity contribution < 1.29 is 14.3 Å². The third-order valence-corrected chi connectivity index (χ3v) is 5.06. The topological polar surface area (TPSA) is 105 Å². The number of tetrazole rings is 1. The second-order valence-electron chi connectivity index (χ2n) is 8.71. The zero-order valence-corrected chi connectivity index (χ0v) is 18.9. The summed E-state index contributed by atoms with van der Waals surface area (Å²) in [5.74, 6) is 0.557. The molecule has 2 aromatic carbocycles. The van der Waals surface area contributed by atoms with Crippen molar-refractivity contribution in [1.29, 1.82) is 0 Å². The Hall–Kier alpha value is -3.95. The van der Waals surface area contributed by atoms with Gasteiger partial charge in [0, 0.05) is 37.4 Å². The van der Waals surface area contributed by atoms with Gasteiger partial charge in [-0.1, -0.05) is 29.4 Å². The molecular formula is C23H27N7O3. The molecule has 0 saturated carbocycles. The molecule has 3 aromatic rings. The minimum atomic E-state index is -0.600. The van der Waals surface area contributed by atoms with E-state index in [0.717, 1.165) is 5.69 Å². The van der Waals surface area contributed by atoms with Gasteiger partial charge in [-0.25, -0.2) is 4.79 Å². The lowest BCUT2D eigenvalue weighted by molar-refractivity contribution is 0.0634. The first-order valence-electron chi connectivity index (χ1n) is 10.8. The SMILES string of the molecule is CC(C)(C)OC(=O)Nc1cccc(C(=O)N2CCN(c3nnnn3-c3ccccc3)CC2)c1. The van der Waals surface area contributed by atoms with Gasteiger partial charge in [-0.3, -0.25) is 10.1 Å². The number of piperazine rings is 1. The number of carbonyl (C=O) groups excluding carboxylic acids is 2. The van der Waals surface area contributed by atoms with Crippen molar-refractivity contribution in [2.45, 2.75) is 26.4 Å². The summed E-state index contributed by atoms with van der Waals surface area (Å²) in [6, 6.07) is 16.6. The maximum atomic E-state index is 13.1. The lowest BCUT2D eigenvalue weighted by Gasteiger charge is -2.34. The van der Waals surface area contributed by atoms with Gasteiger partial charge in [-0.05, 0) is 61.5 Å². The number of nitrogens with zero attached hydrogens (tertiary/aromatic N) is 6. The molecule has 4 rings (SSSR count). The van der Waals surface area contributed by atoms with Gasteiger partial charge in [0.15, 0.2) is 0 Å². The van der Waals surface area contributed by atoms with Crippen molar-refractivity contribution in [2.75, 3.05) is 36.4 Å². The summed E-state index contributed by atoms with van der Waals surface area (Å²) in [5.41, 5.74) is 1.30. The summed E-state index contributed by atoms with van der Waals surface area (Å²) < 4.78 is 6.98. The summed E-state index contributed by atoms with van der Waals surface area (Å²) in [4.78, 5) is 29.0. The van der Waals surface area contributed by atoms with Crippen LogP contribution in [0.25, 0.3) is 5.69 Å². The molecule has 10 heteroatoms. The quantitative estimate of drug-likeness (QED) is 0.653. The Bertz CT molecular complexity index is 1120. The zero-order chi connectivity index (χ0) is 23.4. The van der Waals surface area contributed by atoms with Crippen molar-refractivity contribution in [3.8, 4) is 5.69 Å². The van der Waals surface area contributed by atoms with Gasteiger partial charge < -0.3 is 14.5 Å². The number of anilines is 2. The molecule has 0 bridgehead atoms. The van der Waals surface area contributed by atoms with E-state index in [4.69, 9.17) is 4.74 Å². The Morgan fingerprint density at radius 3 is 2.39 bits per heavy atom. The van der Waals surface area contributed by atoms with Crippen molar-refractivity contribution in [3.63, 3.8) is 0 Å². The highest BCUT2D eigenvalue weighted by Crippen LogP contribution is 2.19. The van der Waals surface area contributed by atoms with Gasteiger partial charge in [-0.2, -0.15) is 4.68 Å². The van der Waals surface area contributed by atoms with E-state index in [0.29, 0.717) is 43.4 Å². The van der Waals surface area contributed by atoms with Crippen LogP contribution in [0.5, 0.6) is 0 Å². The van der Waals surface area contributed by atoms with E-state index in [2.05, 4.69) is 25.7 Å². The summed E-state index contributed by atoms with van der Waals surface area (Å²) in [5, 5.41) is 14.8. The number of ether oxygens (including phenoxy) is 1. The first-order chi connectivity index (χ1) is 15.8. The van der Waals surface area contributed by atoms with Crippen LogP contribution in [-0.4, -0.2) is 68.9 Å². The molecule has 1 aliphatic heterocycles. The second kappa shape index (κ2) is 9.27. The Morgan fingerprint density at radius 1 is 0.970 bits per heavy atom. The first kappa shape index (κ1) is 22.3. The molecule has 2 amide bonds. The number of para-hydroxylation sites is 1. The molecule has 0 radical (unpaired) electrons. The van der Waals surface area contributed by atoms with Gasteiger partial charge in [-0.15, -0.1) is 0 Å². The second-order valence-corrected chi connectivity index (χ2v) is 8.71. The number of nitrogens with one attached hydrogen (secondary N) is 1. The fourth-order valence-corrected chi connectivity index (χ4v) is 3.56. The number of aromatic nitrogens is 4. The van der Waals surface area contributed by atoms with Gasteiger partial charge in [0.1, 0.15) is 5.60 Å². The predicted octanol–water partition coefficient (Wildman–Crippen LogP) is 2.97. The molecular weight excluding hydrogens is 422 g/mol. The minimum Gasteiger partial charge on any atom is -0.444 e. The standard InChI is InChI=1S/C23H27N7O3/c1-23(2,3)33-22(32)24-18-9-7-8-17(16-18)20(31)28-12-14-29(15-13-28)21-25-26-27-30(21)19-10-5-4-6-11-19/h4-11,16H,12-15H2,1-3H3,(H,24,32). The average Bonchev–Trinajstić information content (AvgIpc) is 3.28. The monoisotopic (exact) mass is 449 g/mol. The predicted molar refractivity (Wildman–Crippen MR) is 124 cm³/mol. The number of hydrogen-bond acceptors (Lipinski definition) is 7. The fraction of sp³-hybridized carbons (Fsp3) is 0.348. The number of benzene rings is 2. The van der Waals surface area contributed by atoms with E-state index >= 15 is 0 Å². The highest BCUT2D eigenvalue weighted by molar-refractivity contribution is 5.96. The lowest BCUT2D eigenvalue weighted by Crippen LogP contribution is -2.49. The summed E-state index contributed by atoms with van der Waals surface area (Å²) in [6.07, 6.45) is -0.558. The minimum absolute atomic E-state index is 0.0925. The third kappa shape index (κ3) is 5.46. The summed E-state index contributed by atoms with van der Waals surface area (Å²) in [6.45, 7) is 7.66. The van der Waals surface area contributed by atoms with E-state index in [1.165, 1.54) is 0 Å². The van der Waals surface area contributed by atoms with Crippen LogP contribution in [0.15, 0.2) is 54.6 Å². The molecule has 1 N–H and O–H groups in total. The van der Waals surface area contributed by atoms with Crippen molar-refractivity contribution in [2.24, 2.45) is 0 Å². The normalized spacial score (nSPS) is 14.2. The molecule has 0 aliphatic carbocycles. The Morgan fingerprint density at radius 2 is 1.70 bits per heavy atom. The van der Waals surface area contributed by atoms with Crippen LogP contribution in [0.1, 0.15) is 31.1 Å². The lowest BCUT2D eigenvalue weighted by atomic mass is 10.1. The molecule has 1 aromatic heterocycles. The largest absolute Gasteiger partial charge is 0.444 e. The molecule has 0 spiro atoms. The molecule has 2 heterocycles. The van der Waals surface area contributed by atoms with Gasteiger partial charge in [0.25, 0.3) is 5.91 Å². The van der Waals surface area contributed by atoms with Crippen LogP contribution in [0, 0.1) is 0 Å². The highest BCUT2D eigenvalue weighted by atomic mass is 16.6. The van der Waals surface area contributed by atoms with Crippen molar-refractivity contribution in [1.82, 2.24) is 25.1 Å². The van der Waals surface area contributed by atoms with E-state index in [9.17, 15) is 9.59 Å². The molecule has 0 atom stereocenters. The van der Waals surface area contributed by atoms with Gasteiger partial charge in [0.2, 0.25) is 5.95 Å². The van der Waals surface area contributed by atoms with E-state index in [-0.39, 0.29) is 5.91 Å². The molecule has 10 nitrogen and oxygen atoms in total. The molecule has 0 unspecified atom stereocenters. The van der Waals surface area contributed by atoms with Gasteiger partial charge >= 0.3 is 6.09 Å². The number of amides is 2. The van der Waals surface area contributed by atoms with E-state index < -0.39 is 11.7 Å². The molecule has 1 aliphatic rings. The van der Waals surface area contributed by atoms with E-state index in [1.807, 2.05) is 30.3 Å². The van der Waals surface area contributed by atoms with Gasteiger partial charge in [0.05, 0.1) is 5.69 Å². The maximum Gasteiger partial charge on any atom is 0.412 e. The number of rotatable bonds is 4. The molecule has 1 saturated heterocycles. The Kier molecular flexibility index (Phi) is 6.25. The maximum absolute atomic E-state index is 13.1. The smallest absolute Gasteiger partial charge is 0.412 e. The Labute approximate surface area is 192 Å². The molecule has 1 fully saturated rings. The van der Waals surface area contributed by atoms with Crippen molar-refractivity contribution >= 4 is 23.6 Å².